The molecule has 6 heteroatoms. The second kappa shape index (κ2) is 7.49. The fourth-order valence-electron chi connectivity index (χ4n) is 1.56. The fourth-order valence-corrected chi connectivity index (χ4v) is 3.00. The molecule has 0 aliphatic rings. The summed E-state index contributed by atoms with van der Waals surface area (Å²) in [7, 11) is -3.61. The molecule has 0 unspecified atom stereocenters. The molecule has 1 aromatic carbocycles. The van der Waals surface area contributed by atoms with Gasteiger partial charge < -0.3 is 0 Å². The van der Waals surface area contributed by atoms with Crippen molar-refractivity contribution in [2.24, 2.45) is 0 Å². The van der Waals surface area contributed by atoms with E-state index in [9.17, 15) is 8.42 Å². The first-order chi connectivity index (χ1) is 8.98. The predicted molar refractivity (Wildman–Crippen MR) is 75.0 cm³/mol. The second-order valence-corrected chi connectivity index (χ2v) is 6.77. The fraction of sp³-hybridized carbons (Fsp3) is 0.462. The van der Waals surface area contributed by atoms with Gasteiger partial charge in [0.2, 0.25) is 0 Å². The SMILES string of the molecule is Cc1ccc(S(=O)(=O)N(Cl)CCCCCC#N)cc1. The number of aryl methyl sites for hydroxylation is 1. The van der Waals surface area contributed by atoms with E-state index in [0.29, 0.717) is 12.8 Å². The first-order valence-corrected chi connectivity index (χ1v) is 7.88. The maximum Gasteiger partial charge on any atom is 0.256 e. The first kappa shape index (κ1) is 16.0. The average molecular weight is 301 g/mol. The minimum Gasteiger partial charge on any atom is -0.206 e. The third kappa shape index (κ3) is 4.83. The van der Waals surface area contributed by atoms with Crippen molar-refractivity contribution < 1.29 is 8.42 Å². The van der Waals surface area contributed by atoms with E-state index in [4.69, 9.17) is 17.0 Å². The molecule has 0 saturated heterocycles. The summed E-state index contributed by atoms with van der Waals surface area (Å²) in [4.78, 5) is 0.199. The molecule has 0 fully saturated rings. The smallest absolute Gasteiger partial charge is 0.206 e. The van der Waals surface area contributed by atoms with Gasteiger partial charge in [-0.05, 0) is 43.7 Å². The van der Waals surface area contributed by atoms with Crippen LogP contribution in [-0.2, 0) is 10.0 Å². The van der Waals surface area contributed by atoms with Crippen molar-refractivity contribution >= 4 is 21.8 Å². The molecule has 0 bridgehead atoms. The molecule has 0 atom stereocenters. The molecule has 0 spiro atoms. The molecule has 0 N–H and O–H groups in total. The van der Waals surface area contributed by atoms with E-state index >= 15 is 0 Å². The number of hydrogen-bond donors (Lipinski definition) is 0. The maximum atomic E-state index is 12.1. The lowest BCUT2D eigenvalue weighted by molar-refractivity contribution is 0.519. The van der Waals surface area contributed by atoms with Gasteiger partial charge in [-0.1, -0.05) is 24.1 Å². The monoisotopic (exact) mass is 300 g/mol. The highest BCUT2D eigenvalue weighted by Gasteiger charge is 2.21. The quantitative estimate of drug-likeness (QED) is 0.574. The van der Waals surface area contributed by atoms with Crippen LogP contribution in [0.4, 0.5) is 0 Å². The number of sulfonamides is 1. The van der Waals surface area contributed by atoms with Crippen LogP contribution in [0.25, 0.3) is 0 Å². The third-order valence-corrected chi connectivity index (χ3v) is 4.99. The van der Waals surface area contributed by atoms with E-state index in [1.807, 2.05) is 6.92 Å². The highest BCUT2D eigenvalue weighted by atomic mass is 35.5. The lowest BCUT2D eigenvalue weighted by atomic mass is 10.2. The number of unbranched alkanes of at least 4 members (excludes halogenated alkanes) is 3. The molecule has 0 aliphatic carbocycles. The molecule has 1 rings (SSSR count). The highest BCUT2D eigenvalue weighted by Crippen LogP contribution is 2.19. The number of hydrogen-bond acceptors (Lipinski definition) is 3. The summed E-state index contributed by atoms with van der Waals surface area (Å²) in [6.45, 7) is 2.15. The largest absolute Gasteiger partial charge is 0.256 e. The van der Waals surface area contributed by atoms with Crippen LogP contribution in [0.3, 0.4) is 0 Å². The predicted octanol–water partition coefficient (Wildman–Crippen LogP) is 3.22. The van der Waals surface area contributed by atoms with Crippen LogP contribution in [0.2, 0.25) is 0 Å². The number of rotatable bonds is 7. The van der Waals surface area contributed by atoms with Gasteiger partial charge in [-0.3, -0.25) is 0 Å². The van der Waals surface area contributed by atoms with Crippen LogP contribution in [0, 0.1) is 18.3 Å². The summed E-state index contributed by atoms with van der Waals surface area (Å²) in [5, 5.41) is 8.39. The van der Waals surface area contributed by atoms with Crippen molar-refractivity contribution in [2.45, 2.75) is 37.5 Å². The van der Waals surface area contributed by atoms with Gasteiger partial charge >= 0.3 is 0 Å². The molecular formula is C13H17ClN2O2S. The van der Waals surface area contributed by atoms with Crippen LogP contribution in [0.5, 0.6) is 0 Å². The Kier molecular flexibility index (Phi) is 6.29. The average Bonchev–Trinajstić information content (AvgIpc) is 2.38. The lowest BCUT2D eigenvalue weighted by Gasteiger charge is -2.14. The third-order valence-electron chi connectivity index (χ3n) is 2.70. The van der Waals surface area contributed by atoms with Crippen LogP contribution < -0.4 is 0 Å². The van der Waals surface area contributed by atoms with E-state index in [2.05, 4.69) is 6.07 Å². The summed E-state index contributed by atoms with van der Waals surface area (Å²) in [5.41, 5.74) is 0.997. The van der Waals surface area contributed by atoms with Gasteiger partial charge in [-0.15, -0.1) is 3.82 Å². The zero-order valence-corrected chi connectivity index (χ0v) is 12.4. The summed E-state index contributed by atoms with van der Waals surface area (Å²) < 4.78 is 25.1. The van der Waals surface area contributed by atoms with Crippen molar-refractivity contribution in [2.75, 3.05) is 6.54 Å². The van der Waals surface area contributed by atoms with E-state index in [1.165, 1.54) is 0 Å². The van der Waals surface area contributed by atoms with Gasteiger partial charge in [-0.25, -0.2) is 8.42 Å². The Bertz CT molecular complexity index is 535. The number of halogens is 1. The van der Waals surface area contributed by atoms with Crippen molar-refractivity contribution in [1.29, 1.82) is 5.26 Å². The zero-order chi connectivity index (χ0) is 14.3. The van der Waals surface area contributed by atoms with Crippen molar-refractivity contribution in [3.8, 4) is 6.07 Å². The van der Waals surface area contributed by atoms with Crippen LogP contribution in [-0.4, -0.2) is 18.8 Å². The van der Waals surface area contributed by atoms with Gasteiger partial charge in [0.05, 0.1) is 11.0 Å². The highest BCUT2D eigenvalue weighted by molar-refractivity contribution is 7.90. The molecule has 4 nitrogen and oxygen atoms in total. The molecular weight excluding hydrogens is 284 g/mol. The summed E-state index contributed by atoms with van der Waals surface area (Å²) in [6.07, 6.45) is 2.70. The molecule has 0 aliphatic heterocycles. The Morgan fingerprint density at radius 3 is 2.42 bits per heavy atom. The van der Waals surface area contributed by atoms with E-state index < -0.39 is 10.0 Å². The Morgan fingerprint density at radius 2 is 1.84 bits per heavy atom. The van der Waals surface area contributed by atoms with Crippen LogP contribution >= 0.6 is 11.8 Å². The van der Waals surface area contributed by atoms with E-state index in [0.717, 1.165) is 22.2 Å². The number of nitriles is 1. The standard InChI is InChI=1S/C13H17ClN2O2S/c1-12-6-8-13(9-7-12)19(17,18)16(14)11-5-3-2-4-10-15/h6-9H,2-5,11H2,1H3. The summed E-state index contributed by atoms with van der Waals surface area (Å²) in [6, 6.07) is 8.64. The van der Waals surface area contributed by atoms with E-state index in [-0.39, 0.29) is 11.4 Å². The van der Waals surface area contributed by atoms with Gasteiger partial charge in [0, 0.05) is 13.0 Å². The molecule has 0 radical (unpaired) electrons. The van der Waals surface area contributed by atoms with Gasteiger partial charge in [0.1, 0.15) is 0 Å². The van der Waals surface area contributed by atoms with Gasteiger partial charge in [0.15, 0.2) is 0 Å². The Morgan fingerprint density at radius 1 is 1.21 bits per heavy atom. The molecule has 1 aromatic rings. The first-order valence-electron chi connectivity index (χ1n) is 6.10. The van der Waals surface area contributed by atoms with E-state index in [1.54, 1.807) is 24.3 Å². The number of benzene rings is 1. The van der Waals surface area contributed by atoms with Crippen molar-refractivity contribution in [1.82, 2.24) is 3.82 Å². The van der Waals surface area contributed by atoms with Crippen molar-refractivity contribution in [3.05, 3.63) is 29.8 Å². The molecule has 104 valence electrons. The lowest BCUT2D eigenvalue weighted by Crippen LogP contribution is -2.23. The minimum atomic E-state index is -3.61. The normalized spacial score (nSPS) is 11.5. The topological polar surface area (TPSA) is 61.2 Å². The molecule has 0 aromatic heterocycles. The number of nitrogens with zero attached hydrogens (tertiary/aromatic N) is 2. The zero-order valence-electron chi connectivity index (χ0n) is 10.8. The maximum absolute atomic E-state index is 12.1. The molecule has 19 heavy (non-hydrogen) atoms. The van der Waals surface area contributed by atoms with Crippen LogP contribution in [0.1, 0.15) is 31.2 Å². The molecule has 0 heterocycles. The second-order valence-electron chi connectivity index (χ2n) is 4.30. The molecule has 0 saturated carbocycles. The Balaban J connectivity index is 2.57. The molecule has 0 amide bonds. The van der Waals surface area contributed by atoms with Gasteiger partial charge in [0.25, 0.3) is 10.0 Å². The Labute approximate surface area is 119 Å². The summed E-state index contributed by atoms with van der Waals surface area (Å²) >= 11 is 5.84. The van der Waals surface area contributed by atoms with Crippen molar-refractivity contribution in [3.63, 3.8) is 0 Å². The van der Waals surface area contributed by atoms with Crippen LogP contribution in [0.15, 0.2) is 29.2 Å². The summed E-state index contributed by atoms with van der Waals surface area (Å²) in [5.74, 6) is 0. The Hall–Kier alpha value is -1.09. The van der Waals surface area contributed by atoms with Gasteiger partial charge in [-0.2, -0.15) is 5.26 Å². The minimum absolute atomic E-state index is 0.199.